The Morgan fingerprint density at radius 3 is 3.00 bits per heavy atom. The number of para-hydroxylation sites is 1. The van der Waals surface area contributed by atoms with Crippen LogP contribution in [0.4, 0.5) is 4.39 Å². The molecule has 0 radical (unpaired) electrons. The Balaban J connectivity index is 2.55. The lowest BCUT2D eigenvalue weighted by molar-refractivity contribution is 0.502. The van der Waals surface area contributed by atoms with E-state index in [2.05, 4.69) is 10.3 Å². The number of hydrogen-bond acceptors (Lipinski definition) is 3. The van der Waals surface area contributed by atoms with E-state index in [0.717, 1.165) is 0 Å². The third-order valence-electron chi connectivity index (χ3n) is 2.77. The van der Waals surface area contributed by atoms with Crippen molar-refractivity contribution in [1.29, 1.82) is 0 Å². The Labute approximate surface area is 98.1 Å². The molecule has 0 amide bonds. The molecule has 2 aromatic rings. The van der Waals surface area contributed by atoms with E-state index < -0.39 is 5.82 Å². The van der Waals surface area contributed by atoms with Gasteiger partial charge in [0.05, 0.1) is 11.7 Å². The number of likely N-dealkylation sites (N-methyl/N-ethyl adjacent to an activating group) is 1. The Bertz CT molecular complexity index is 594. The van der Waals surface area contributed by atoms with Crippen LogP contribution in [0.5, 0.6) is 0 Å². The number of rotatable bonds is 3. The van der Waals surface area contributed by atoms with Crippen molar-refractivity contribution >= 4 is 10.9 Å². The van der Waals surface area contributed by atoms with E-state index in [9.17, 15) is 9.18 Å². The molecule has 1 atom stereocenters. The van der Waals surface area contributed by atoms with Gasteiger partial charge in [-0.3, -0.25) is 9.36 Å². The average molecular weight is 235 g/mol. The van der Waals surface area contributed by atoms with Crippen molar-refractivity contribution in [3.05, 3.63) is 40.7 Å². The minimum absolute atomic E-state index is 0.130. The molecule has 17 heavy (non-hydrogen) atoms. The maximum absolute atomic E-state index is 13.4. The van der Waals surface area contributed by atoms with Crippen LogP contribution in [-0.4, -0.2) is 22.6 Å². The van der Waals surface area contributed by atoms with Crippen molar-refractivity contribution in [2.75, 3.05) is 7.05 Å². The Kier molecular flexibility index (Phi) is 3.19. The summed E-state index contributed by atoms with van der Waals surface area (Å²) in [6, 6.07) is 4.57. The highest BCUT2D eigenvalue weighted by molar-refractivity contribution is 5.77. The van der Waals surface area contributed by atoms with E-state index in [1.165, 1.54) is 23.0 Å². The number of halogens is 1. The molecule has 0 spiro atoms. The minimum atomic E-state index is -0.464. The van der Waals surface area contributed by atoms with Crippen molar-refractivity contribution in [2.24, 2.45) is 0 Å². The van der Waals surface area contributed by atoms with Gasteiger partial charge in [0, 0.05) is 12.6 Å². The lowest BCUT2D eigenvalue weighted by atomic mass is 10.2. The first kappa shape index (κ1) is 11.7. The second-order valence-electron chi connectivity index (χ2n) is 4.03. The second kappa shape index (κ2) is 4.63. The molecule has 0 fully saturated rings. The Hall–Kier alpha value is -1.75. The average Bonchev–Trinajstić information content (AvgIpc) is 2.33. The van der Waals surface area contributed by atoms with Crippen molar-refractivity contribution < 1.29 is 4.39 Å². The summed E-state index contributed by atoms with van der Waals surface area (Å²) in [6.07, 6.45) is 1.39. The molecule has 1 heterocycles. The van der Waals surface area contributed by atoms with Crippen LogP contribution in [0.15, 0.2) is 29.3 Å². The van der Waals surface area contributed by atoms with E-state index in [0.29, 0.717) is 11.9 Å². The summed E-state index contributed by atoms with van der Waals surface area (Å²) in [7, 11) is 1.82. The number of fused-ring (bicyclic) bond motifs is 1. The lowest BCUT2D eigenvalue weighted by Gasteiger charge is -2.12. The van der Waals surface area contributed by atoms with E-state index in [1.807, 2.05) is 14.0 Å². The Morgan fingerprint density at radius 1 is 1.53 bits per heavy atom. The van der Waals surface area contributed by atoms with Crippen LogP contribution in [0.2, 0.25) is 0 Å². The summed E-state index contributed by atoms with van der Waals surface area (Å²) in [6.45, 7) is 2.47. The predicted molar refractivity (Wildman–Crippen MR) is 64.5 cm³/mol. The van der Waals surface area contributed by atoms with Gasteiger partial charge in [0.15, 0.2) is 0 Å². The number of aromatic nitrogens is 2. The molecule has 2 rings (SSSR count). The zero-order valence-electron chi connectivity index (χ0n) is 9.77. The van der Waals surface area contributed by atoms with Crippen LogP contribution >= 0.6 is 0 Å². The van der Waals surface area contributed by atoms with Gasteiger partial charge >= 0.3 is 0 Å². The van der Waals surface area contributed by atoms with Gasteiger partial charge in [-0.25, -0.2) is 9.37 Å². The van der Waals surface area contributed by atoms with Gasteiger partial charge < -0.3 is 5.32 Å². The smallest absolute Gasteiger partial charge is 0.261 e. The van der Waals surface area contributed by atoms with Crippen molar-refractivity contribution in [1.82, 2.24) is 14.9 Å². The van der Waals surface area contributed by atoms with Gasteiger partial charge in [0.1, 0.15) is 11.3 Å². The molecule has 0 aliphatic rings. The first-order valence-electron chi connectivity index (χ1n) is 5.44. The first-order chi connectivity index (χ1) is 8.13. The molecule has 0 aliphatic carbocycles. The molecule has 5 heteroatoms. The highest BCUT2D eigenvalue weighted by Crippen LogP contribution is 2.10. The van der Waals surface area contributed by atoms with E-state index in [4.69, 9.17) is 0 Å². The zero-order valence-corrected chi connectivity index (χ0v) is 9.77. The van der Waals surface area contributed by atoms with E-state index in [-0.39, 0.29) is 17.1 Å². The molecule has 1 aromatic carbocycles. The molecule has 1 N–H and O–H groups in total. The Morgan fingerprint density at radius 2 is 2.29 bits per heavy atom. The molecule has 0 bridgehead atoms. The summed E-state index contributed by atoms with van der Waals surface area (Å²) < 4.78 is 14.9. The summed E-state index contributed by atoms with van der Waals surface area (Å²) in [5, 5.41) is 3.35. The first-order valence-corrected chi connectivity index (χ1v) is 5.44. The number of nitrogens with one attached hydrogen (secondary N) is 1. The third-order valence-corrected chi connectivity index (χ3v) is 2.77. The van der Waals surface area contributed by atoms with Crippen LogP contribution < -0.4 is 10.9 Å². The summed E-state index contributed by atoms with van der Waals surface area (Å²) in [4.78, 5) is 16.0. The summed E-state index contributed by atoms with van der Waals surface area (Å²) in [5.74, 6) is -0.464. The standard InChI is InChI=1S/C12H14FN3O/c1-8(14-2)6-16-7-15-11-9(12(16)17)4-3-5-10(11)13/h3-5,7-8,14H,6H2,1-2H3. The molecule has 0 saturated heterocycles. The topological polar surface area (TPSA) is 46.9 Å². The maximum Gasteiger partial charge on any atom is 0.261 e. The van der Waals surface area contributed by atoms with Crippen molar-refractivity contribution in [3.63, 3.8) is 0 Å². The SMILES string of the molecule is CNC(C)Cn1cnc2c(F)cccc2c1=O. The van der Waals surface area contributed by atoms with Gasteiger partial charge in [-0.2, -0.15) is 0 Å². The summed E-state index contributed by atoms with van der Waals surface area (Å²) >= 11 is 0. The van der Waals surface area contributed by atoms with Crippen LogP contribution in [0.3, 0.4) is 0 Å². The second-order valence-corrected chi connectivity index (χ2v) is 4.03. The molecule has 1 aromatic heterocycles. The van der Waals surface area contributed by atoms with Crippen LogP contribution in [0.25, 0.3) is 10.9 Å². The quantitative estimate of drug-likeness (QED) is 0.868. The number of nitrogens with zero attached hydrogens (tertiary/aromatic N) is 2. The zero-order chi connectivity index (χ0) is 12.4. The summed E-state index contributed by atoms with van der Waals surface area (Å²) in [5.41, 5.74) is -0.0811. The van der Waals surface area contributed by atoms with Gasteiger partial charge in [-0.15, -0.1) is 0 Å². The maximum atomic E-state index is 13.4. The predicted octanol–water partition coefficient (Wildman–Crippen LogP) is 1.14. The van der Waals surface area contributed by atoms with Gasteiger partial charge in [-0.1, -0.05) is 6.07 Å². The fourth-order valence-corrected chi connectivity index (χ4v) is 1.67. The molecule has 1 unspecified atom stereocenters. The molecule has 4 nitrogen and oxygen atoms in total. The number of hydrogen-bond donors (Lipinski definition) is 1. The third kappa shape index (κ3) is 2.19. The van der Waals surface area contributed by atoms with Gasteiger partial charge in [-0.05, 0) is 26.1 Å². The van der Waals surface area contributed by atoms with E-state index >= 15 is 0 Å². The lowest BCUT2D eigenvalue weighted by Crippen LogP contribution is -2.32. The highest BCUT2D eigenvalue weighted by atomic mass is 19.1. The van der Waals surface area contributed by atoms with Crippen LogP contribution in [0, 0.1) is 5.82 Å². The fourth-order valence-electron chi connectivity index (χ4n) is 1.67. The molecule has 0 aliphatic heterocycles. The van der Waals surface area contributed by atoms with Crippen LogP contribution in [0.1, 0.15) is 6.92 Å². The van der Waals surface area contributed by atoms with Crippen LogP contribution in [-0.2, 0) is 6.54 Å². The van der Waals surface area contributed by atoms with Crippen molar-refractivity contribution in [3.8, 4) is 0 Å². The van der Waals surface area contributed by atoms with Gasteiger partial charge in [0.2, 0.25) is 0 Å². The monoisotopic (exact) mass is 235 g/mol. The largest absolute Gasteiger partial charge is 0.315 e. The molecular formula is C12H14FN3O. The van der Waals surface area contributed by atoms with Gasteiger partial charge in [0.25, 0.3) is 5.56 Å². The minimum Gasteiger partial charge on any atom is -0.315 e. The number of benzene rings is 1. The fraction of sp³-hybridized carbons (Fsp3) is 0.333. The molecule has 0 saturated carbocycles. The highest BCUT2D eigenvalue weighted by Gasteiger charge is 2.08. The molecule has 90 valence electrons. The van der Waals surface area contributed by atoms with Crippen molar-refractivity contribution in [2.45, 2.75) is 19.5 Å². The normalized spacial score (nSPS) is 12.9. The van der Waals surface area contributed by atoms with E-state index in [1.54, 1.807) is 6.07 Å². The molecular weight excluding hydrogens is 221 g/mol.